The summed E-state index contributed by atoms with van der Waals surface area (Å²) in [5, 5.41) is 10.2. The molecule has 5 rings (SSSR count). The van der Waals surface area contributed by atoms with Gasteiger partial charge in [-0.1, -0.05) is 79.9 Å². The van der Waals surface area contributed by atoms with Crippen molar-refractivity contribution in [1.82, 2.24) is 9.80 Å². The van der Waals surface area contributed by atoms with Crippen molar-refractivity contribution in [2.75, 3.05) is 19.6 Å². The van der Waals surface area contributed by atoms with Gasteiger partial charge >= 0.3 is 6.09 Å². The molecule has 5 heteroatoms. The normalized spacial score (nSPS) is 26.3. The largest absolute Gasteiger partial charge is 0.465 e. The second-order valence-corrected chi connectivity index (χ2v) is 12.2. The summed E-state index contributed by atoms with van der Waals surface area (Å²) in [6.45, 7) is 2.54. The smallest absolute Gasteiger partial charge is 0.407 e. The Morgan fingerprint density at radius 3 is 2.24 bits per heavy atom. The number of halogens is 1. The quantitative estimate of drug-likeness (QED) is 0.369. The van der Waals surface area contributed by atoms with Gasteiger partial charge in [0.2, 0.25) is 0 Å². The minimum absolute atomic E-state index is 0.0776. The van der Waals surface area contributed by atoms with Crippen LogP contribution in [0.5, 0.6) is 0 Å². The fourth-order valence-electron chi connectivity index (χ4n) is 7.57. The molecule has 2 aromatic rings. The Hall–Kier alpha value is -2.40. The van der Waals surface area contributed by atoms with Gasteiger partial charge in [0.15, 0.2) is 0 Å². The summed E-state index contributed by atoms with van der Waals surface area (Å²) >= 11 is 0. The standard InChI is InChI=1S/C33H45FN2O2/c34-33(18-10-13-26-11-4-1-5-12-26)19-21-35(22-20-33)25-28-23-30(24-31(28)27-14-6-2-7-15-27)36(32(37)38)29-16-8-3-9-17-29/h1-2,4-7,11-12,14-15,28-31H,3,8-10,13,16-25H2,(H,37,38)/t28-,30?,31-/m1/s1. The van der Waals surface area contributed by atoms with Gasteiger partial charge in [0.05, 0.1) is 0 Å². The van der Waals surface area contributed by atoms with Crippen LogP contribution in [-0.4, -0.2) is 58.4 Å². The predicted molar refractivity (Wildman–Crippen MR) is 151 cm³/mol. The molecule has 0 radical (unpaired) electrons. The zero-order chi connectivity index (χ0) is 26.4. The Kier molecular flexibility index (Phi) is 9.04. The number of carbonyl (C=O) groups is 1. The van der Waals surface area contributed by atoms with Gasteiger partial charge < -0.3 is 14.9 Å². The Morgan fingerprint density at radius 2 is 1.58 bits per heavy atom. The number of rotatable bonds is 9. The molecule has 3 fully saturated rings. The monoisotopic (exact) mass is 520 g/mol. The van der Waals surface area contributed by atoms with Crippen LogP contribution in [0.3, 0.4) is 0 Å². The third-order valence-corrected chi connectivity index (χ3v) is 9.66. The van der Waals surface area contributed by atoms with Crippen LogP contribution in [0, 0.1) is 5.92 Å². The van der Waals surface area contributed by atoms with Crippen molar-refractivity contribution in [2.45, 2.75) is 101 Å². The van der Waals surface area contributed by atoms with Crippen molar-refractivity contribution >= 4 is 6.09 Å². The maximum Gasteiger partial charge on any atom is 0.407 e. The van der Waals surface area contributed by atoms with Gasteiger partial charge in [0.25, 0.3) is 0 Å². The first-order valence-electron chi connectivity index (χ1n) is 15.0. The average molecular weight is 521 g/mol. The van der Waals surface area contributed by atoms with Crippen molar-refractivity contribution in [3.05, 3.63) is 71.8 Å². The highest BCUT2D eigenvalue weighted by Gasteiger charge is 2.43. The second kappa shape index (κ2) is 12.6. The molecule has 1 aliphatic heterocycles. The van der Waals surface area contributed by atoms with E-state index in [1.54, 1.807) is 0 Å². The van der Waals surface area contributed by atoms with Crippen molar-refractivity contribution in [1.29, 1.82) is 0 Å². The highest BCUT2D eigenvalue weighted by molar-refractivity contribution is 5.66. The molecule has 1 heterocycles. The summed E-state index contributed by atoms with van der Waals surface area (Å²) in [6, 6.07) is 21.3. The molecule has 1 saturated heterocycles. The topological polar surface area (TPSA) is 43.8 Å². The van der Waals surface area contributed by atoms with E-state index in [1.807, 2.05) is 11.0 Å². The van der Waals surface area contributed by atoms with E-state index in [-0.39, 0.29) is 12.1 Å². The average Bonchev–Trinajstić information content (AvgIpc) is 3.34. The van der Waals surface area contributed by atoms with E-state index in [0.29, 0.717) is 31.1 Å². The van der Waals surface area contributed by atoms with Crippen molar-refractivity contribution in [3.8, 4) is 0 Å². The van der Waals surface area contributed by atoms with E-state index in [2.05, 4.69) is 59.5 Å². The van der Waals surface area contributed by atoms with Crippen LogP contribution >= 0.6 is 0 Å². The first-order chi connectivity index (χ1) is 18.5. The van der Waals surface area contributed by atoms with Crippen LogP contribution in [0.4, 0.5) is 9.18 Å². The zero-order valence-corrected chi connectivity index (χ0v) is 22.8. The van der Waals surface area contributed by atoms with Gasteiger partial charge in [-0.25, -0.2) is 9.18 Å². The maximum atomic E-state index is 15.7. The molecule has 0 bridgehead atoms. The molecule has 4 nitrogen and oxygen atoms in total. The van der Waals surface area contributed by atoms with Gasteiger partial charge in [-0.2, -0.15) is 0 Å². The lowest BCUT2D eigenvalue weighted by molar-refractivity contribution is 0.0411. The number of nitrogens with zero attached hydrogens (tertiary/aromatic N) is 2. The number of carboxylic acid groups (broad SMARTS) is 1. The fraction of sp³-hybridized carbons (Fsp3) is 0.606. The van der Waals surface area contributed by atoms with Crippen LogP contribution in [0.15, 0.2) is 60.7 Å². The van der Waals surface area contributed by atoms with E-state index in [9.17, 15) is 9.90 Å². The lowest BCUT2D eigenvalue weighted by Gasteiger charge is -2.38. The minimum atomic E-state index is -1.05. The van der Waals surface area contributed by atoms with E-state index in [1.165, 1.54) is 17.5 Å². The van der Waals surface area contributed by atoms with E-state index >= 15 is 4.39 Å². The molecular formula is C33H45FN2O2. The minimum Gasteiger partial charge on any atom is -0.465 e. The molecule has 2 aliphatic carbocycles. The second-order valence-electron chi connectivity index (χ2n) is 12.2. The molecule has 38 heavy (non-hydrogen) atoms. The van der Waals surface area contributed by atoms with Crippen molar-refractivity contribution in [2.24, 2.45) is 5.92 Å². The zero-order valence-electron chi connectivity index (χ0n) is 22.8. The Balaban J connectivity index is 1.20. The molecule has 3 atom stereocenters. The third-order valence-electron chi connectivity index (χ3n) is 9.66. The summed E-state index contributed by atoms with van der Waals surface area (Å²) in [6.07, 6.45) is 10.3. The highest BCUT2D eigenvalue weighted by atomic mass is 19.1. The molecular weight excluding hydrogens is 475 g/mol. The summed E-state index contributed by atoms with van der Waals surface area (Å²) in [5.41, 5.74) is 1.57. The Morgan fingerprint density at radius 1 is 0.921 bits per heavy atom. The summed E-state index contributed by atoms with van der Waals surface area (Å²) < 4.78 is 15.7. The number of amides is 1. The number of piperidine rings is 1. The summed E-state index contributed by atoms with van der Waals surface area (Å²) in [7, 11) is 0. The number of hydrogen-bond donors (Lipinski definition) is 1. The number of aryl methyl sites for hydroxylation is 1. The van der Waals surface area contributed by atoms with Crippen LogP contribution in [0.1, 0.15) is 87.7 Å². The lowest BCUT2D eigenvalue weighted by Crippen LogP contribution is -2.47. The van der Waals surface area contributed by atoms with Crippen molar-refractivity contribution < 1.29 is 14.3 Å². The number of hydrogen-bond acceptors (Lipinski definition) is 2. The molecule has 206 valence electrons. The van der Waals surface area contributed by atoms with E-state index in [0.717, 1.165) is 71.0 Å². The molecule has 1 N–H and O–H groups in total. The molecule has 0 aromatic heterocycles. The first kappa shape index (κ1) is 27.2. The van der Waals surface area contributed by atoms with Gasteiger partial charge in [-0.05, 0) is 80.8 Å². The molecule has 3 aliphatic rings. The molecule has 2 saturated carbocycles. The molecule has 1 amide bonds. The van der Waals surface area contributed by atoms with Crippen LogP contribution in [-0.2, 0) is 6.42 Å². The van der Waals surface area contributed by atoms with Crippen LogP contribution in [0.25, 0.3) is 0 Å². The first-order valence-corrected chi connectivity index (χ1v) is 15.0. The molecule has 0 spiro atoms. The van der Waals surface area contributed by atoms with Crippen molar-refractivity contribution in [3.63, 3.8) is 0 Å². The molecule has 1 unspecified atom stereocenters. The van der Waals surface area contributed by atoms with Gasteiger partial charge in [-0.15, -0.1) is 0 Å². The van der Waals surface area contributed by atoms with Crippen LogP contribution in [0.2, 0.25) is 0 Å². The Bertz CT molecular complexity index is 1000. The highest BCUT2D eigenvalue weighted by Crippen LogP contribution is 2.44. The van der Waals surface area contributed by atoms with E-state index < -0.39 is 11.8 Å². The lowest BCUT2D eigenvalue weighted by atomic mass is 9.85. The number of benzene rings is 2. The number of alkyl halides is 1. The SMILES string of the molecule is O=C(O)N(C1CCCCC1)C1C[C@H](CN2CCC(F)(CCCc3ccccc3)CC2)[C@@H](c2ccccc2)C1. The van der Waals surface area contributed by atoms with Crippen LogP contribution < -0.4 is 0 Å². The number of likely N-dealkylation sites (tertiary alicyclic amines) is 1. The summed E-state index contributed by atoms with van der Waals surface area (Å²) in [4.78, 5) is 16.7. The van der Waals surface area contributed by atoms with E-state index in [4.69, 9.17) is 0 Å². The van der Waals surface area contributed by atoms with Gasteiger partial charge in [-0.3, -0.25) is 0 Å². The Labute approximate surface area is 228 Å². The maximum absolute atomic E-state index is 15.7. The predicted octanol–water partition coefficient (Wildman–Crippen LogP) is 7.69. The third kappa shape index (κ3) is 6.77. The summed E-state index contributed by atoms with van der Waals surface area (Å²) in [5.74, 6) is 0.757. The molecule has 2 aromatic carbocycles. The van der Waals surface area contributed by atoms with Gasteiger partial charge in [0, 0.05) is 31.7 Å². The van der Waals surface area contributed by atoms with Gasteiger partial charge in [0.1, 0.15) is 5.67 Å². The fourth-order valence-corrected chi connectivity index (χ4v) is 7.57.